The van der Waals surface area contributed by atoms with Crippen LogP contribution >= 0.6 is 20.0 Å². The van der Waals surface area contributed by atoms with Gasteiger partial charge in [0.25, 0.3) is 0 Å². The molecule has 3 rings (SSSR count). The number of rotatable bonds is 16. The Hall–Kier alpha value is -1.56. The highest BCUT2D eigenvalue weighted by atomic mass is 32.2. The number of pyridine rings is 1. The fraction of sp³-hybridized carbons (Fsp3) is 0.536. The Morgan fingerprint density at radius 1 is 1.09 bits per heavy atom. The average molecular weight is 516 g/mol. The van der Waals surface area contributed by atoms with E-state index < -0.39 is 8.25 Å². The highest BCUT2D eigenvalue weighted by molar-refractivity contribution is 8.02. The number of aromatic nitrogens is 1. The van der Waals surface area contributed by atoms with Gasteiger partial charge in [0, 0.05) is 16.7 Å². The van der Waals surface area contributed by atoms with E-state index in [1.165, 1.54) is 54.4 Å². The molecule has 35 heavy (non-hydrogen) atoms. The van der Waals surface area contributed by atoms with Gasteiger partial charge in [0.2, 0.25) is 0 Å². The van der Waals surface area contributed by atoms with Crippen molar-refractivity contribution in [1.29, 1.82) is 0 Å². The Morgan fingerprint density at radius 3 is 2.71 bits per heavy atom. The lowest BCUT2D eigenvalue weighted by Crippen LogP contribution is -2.17. The minimum atomic E-state index is -2.51. The van der Waals surface area contributed by atoms with E-state index in [1.807, 2.05) is 11.8 Å². The van der Waals surface area contributed by atoms with Gasteiger partial charge in [-0.15, -0.1) is 21.2 Å². The van der Waals surface area contributed by atoms with Crippen molar-refractivity contribution in [2.45, 2.75) is 83.4 Å². The van der Waals surface area contributed by atoms with Crippen LogP contribution in [0.2, 0.25) is 0 Å². The highest BCUT2D eigenvalue weighted by Gasteiger charge is 2.21. The highest BCUT2D eigenvalue weighted by Crippen LogP contribution is 2.42. The first-order valence-corrected chi connectivity index (χ1v) is 15.1. The molecule has 2 unspecified atom stereocenters. The van der Waals surface area contributed by atoms with Crippen molar-refractivity contribution in [3.63, 3.8) is 0 Å². The van der Waals surface area contributed by atoms with Crippen molar-refractivity contribution in [3.05, 3.63) is 64.3 Å². The van der Waals surface area contributed by atoms with E-state index in [9.17, 15) is 4.57 Å². The van der Waals surface area contributed by atoms with Gasteiger partial charge in [-0.05, 0) is 66.8 Å². The number of hydrogen-bond donors (Lipinski definition) is 2. The van der Waals surface area contributed by atoms with Crippen LogP contribution in [0.5, 0.6) is 0 Å². The fourth-order valence-electron chi connectivity index (χ4n) is 4.50. The molecule has 0 radical (unpaired) electrons. The van der Waals surface area contributed by atoms with Crippen LogP contribution in [0.3, 0.4) is 0 Å². The van der Waals surface area contributed by atoms with Crippen LogP contribution in [-0.4, -0.2) is 23.0 Å². The minimum absolute atomic E-state index is 0.273. The lowest BCUT2D eigenvalue weighted by Gasteiger charge is -2.18. The molecule has 2 N–H and O–H groups in total. The number of nitrogens with one attached hydrogen (secondary N) is 1. The van der Waals surface area contributed by atoms with Crippen LogP contribution in [0.25, 0.3) is 11.1 Å². The number of unbranched alkanes of at least 4 members (excludes halogenated alkanes) is 3. The predicted molar refractivity (Wildman–Crippen MR) is 148 cm³/mol. The Labute approximate surface area is 216 Å². The maximum atomic E-state index is 10.6. The minimum Gasteiger partial charge on any atom is -0.311 e. The van der Waals surface area contributed by atoms with Gasteiger partial charge in [-0.1, -0.05) is 69.9 Å². The quantitative estimate of drug-likeness (QED) is 0.177. The summed E-state index contributed by atoms with van der Waals surface area (Å²) in [6.07, 6.45) is 12.6. The average Bonchev–Trinajstić information content (AvgIpc) is 3.40. The molecule has 1 aromatic heterocycles. The third-order valence-corrected chi connectivity index (χ3v) is 7.82. The van der Waals surface area contributed by atoms with E-state index in [0.717, 1.165) is 30.7 Å². The molecule has 0 fully saturated rings. The van der Waals surface area contributed by atoms with Crippen molar-refractivity contribution < 1.29 is 14.0 Å². The second-order valence-corrected chi connectivity index (χ2v) is 11.0. The van der Waals surface area contributed by atoms with Gasteiger partial charge in [0.1, 0.15) is 6.61 Å². The summed E-state index contributed by atoms with van der Waals surface area (Å²) < 4.78 is 15.3. The van der Waals surface area contributed by atoms with Crippen LogP contribution in [-0.2, 0) is 28.5 Å². The van der Waals surface area contributed by atoms with E-state index in [0.29, 0.717) is 24.8 Å². The third kappa shape index (κ3) is 9.11. The van der Waals surface area contributed by atoms with Crippen LogP contribution < -0.4 is 5.32 Å². The molecule has 7 heteroatoms. The van der Waals surface area contributed by atoms with Gasteiger partial charge in [0.05, 0.1) is 16.6 Å². The zero-order chi connectivity index (χ0) is 24.9. The SMILES string of the molecule is CCCCCCc1ccc(-c2ccc(CNCCCO[P+](=O)O)nc2C2CC=CS2)cc1CCC. The standard InChI is InChI=1S/C28H39N2O3PS/c1-3-5-6-7-11-22-13-14-24(20-23(22)10-4-2)26-16-15-25(21-29-17-9-18-33-34(31)32)30-28(26)27-12-8-19-35-27/h8,13-16,19-20,27,29H,3-7,9-12,17-18,21H2,1-2H3/p+1. The molecule has 0 spiro atoms. The van der Waals surface area contributed by atoms with Crippen molar-refractivity contribution in [1.82, 2.24) is 10.3 Å². The number of nitrogens with zero attached hydrogens (tertiary/aromatic N) is 1. The Morgan fingerprint density at radius 2 is 1.97 bits per heavy atom. The van der Waals surface area contributed by atoms with Crippen molar-refractivity contribution >= 4 is 20.0 Å². The molecular formula is C28H40N2O3PS+. The summed E-state index contributed by atoms with van der Waals surface area (Å²) in [5, 5.41) is 5.91. The Balaban J connectivity index is 1.75. The van der Waals surface area contributed by atoms with Crippen molar-refractivity contribution in [2.24, 2.45) is 0 Å². The summed E-state index contributed by atoms with van der Waals surface area (Å²) in [7, 11) is -2.51. The second kappa shape index (κ2) is 15.5. The molecule has 0 saturated heterocycles. The molecule has 1 aliphatic rings. The fourth-order valence-corrected chi connectivity index (χ4v) is 5.73. The summed E-state index contributed by atoms with van der Waals surface area (Å²) in [6.45, 7) is 6.18. The van der Waals surface area contributed by atoms with E-state index in [-0.39, 0.29) is 6.61 Å². The zero-order valence-corrected chi connectivity index (χ0v) is 22.9. The van der Waals surface area contributed by atoms with E-state index in [1.54, 1.807) is 0 Å². The Kier molecular flexibility index (Phi) is 12.4. The van der Waals surface area contributed by atoms with Gasteiger partial charge < -0.3 is 5.32 Å². The molecule has 1 aliphatic heterocycles. The summed E-state index contributed by atoms with van der Waals surface area (Å²) in [6, 6.07) is 11.4. The van der Waals surface area contributed by atoms with E-state index in [2.05, 4.69) is 61.0 Å². The Bertz CT molecular complexity index is 975. The van der Waals surface area contributed by atoms with Gasteiger partial charge in [-0.25, -0.2) is 0 Å². The number of aryl methyl sites for hydroxylation is 2. The molecule has 0 bridgehead atoms. The van der Waals surface area contributed by atoms with Crippen LogP contribution in [0, 0.1) is 0 Å². The van der Waals surface area contributed by atoms with Gasteiger partial charge in [-0.3, -0.25) is 4.98 Å². The monoisotopic (exact) mass is 515 g/mol. The number of allylic oxidation sites excluding steroid dienone is 1. The smallest absolute Gasteiger partial charge is 0.311 e. The molecule has 0 saturated carbocycles. The maximum Gasteiger partial charge on any atom is 0.694 e. The maximum absolute atomic E-state index is 10.6. The van der Waals surface area contributed by atoms with E-state index in [4.69, 9.17) is 14.4 Å². The topological polar surface area (TPSA) is 71.5 Å². The van der Waals surface area contributed by atoms with E-state index >= 15 is 0 Å². The molecule has 0 aliphatic carbocycles. The number of thioether (sulfide) groups is 1. The van der Waals surface area contributed by atoms with Gasteiger partial charge >= 0.3 is 8.25 Å². The molecule has 1 aromatic carbocycles. The predicted octanol–water partition coefficient (Wildman–Crippen LogP) is 7.66. The first-order chi connectivity index (χ1) is 17.1. The lowest BCUT2D eigenvalue weighted by molar-refractivity contribution is 0.276. The normalized spacial score (nSPS) is 15.6. The van der Waals surface area contributed by atoms with Gasteiger partial charge in [0.15, 0.2) is 0 Å². The first-order valence-electron chi connectivity index (χ1n) is 13.0. The second-order valence-electron chi connectivity index (χ2n) is 9.11. The molecular weight excluding hydrogens is 475 g/mol. The molecule has 2 heterocycles. The largest absolute Gasteiger partial charge is 0.694 e. The van der Waals surface area contributed by atoms with Crippen LogP contribution in [0.15, 0.2) is 41.8 Å². The summed E-state index contributed by atoms with van der Waals surface area (Å²) in [4.78, 5) is 13.8. The van der Waals surface area contributed by atoms with Crippen LogP contribution in [0.4, 0.5) is 0 Å². The number of benzene rings is 1. The van der Waals surface area contributed by atoms with Crippen molar-refractivity contribution in [2.75, 3.05) is 13.2 Å². The molecule has 2 atom stereocenters. The molecule has 190 valence electrons. The molecule has 0 amide bonds. The first kappa shape index (κ1) is 28.0. The van der Waals surface area contributed by atoms with Gasteiger partial charge in [-0.2, -0.15) is 0 Å². The third-order valence-electron chi connectivity index (χ3n) is 6.32. The lowest BCUT2D eigenvalue weighted by atomic mass is 9.92. The van der Waals surface area contributed by atoms with Crippen molar-refractivity contribution in [3.8, 4) is 11.1 Å². The van der Waals surface area contributed by atoms with Crippen LogP contribution in [0.1, 0.15) is 86.6 Å². The molecule has 2 aromatic rings. The number of hydrogen-bond acceptors (Lipinski definition) is 5. The zero-order valence-electron chi connectivity index (χ0n) is 21.2. The summed E-state index contributed by atoms with van der Waals surface area (Å²) >= 11 is 1.85. The summed E-state index contributed by atoms with van der Waals surface area (Å²) in [5.74, 6) is 0. The summed E-state index contributed by atoms with van der Waals surface area (Å²) in [5.41, 5.74) is 7.70. The molecule has 5 nitrogen and oxygen atoms in total.